The number of ether oxygens (including phenoxy) is 6. The van der Waals surface area contributed by atoms with Crippen molar-refractivity contribution in [2.75, 3.05) is 19.8 Å². The molecule has 3 fully saturated rings. The van der Waals surface area contributed by atoms with E-state index in [1.54, 1.807) is 109 Å². The van der Waals surface area contributed by atoms with Gasteiger partial charge in [-0.25, -0.2) is 0 Å². The average Bonchev–Trinajstić information content (AvgIpc) is 0.915. The number of hydrogen-bond acceptors (Lipinski definition) is 21. The van der Waals surface area contributed by atoms with Crippen LogP contribution in [0.2, 0.25) is 0 Å². The first kappa shape index (κ1) is 67.6. The Hall–Kier alpha value is -8.25. The van der Waals surface area contributed by atoms with Crippen molar-refractivity contribution in [3.05, 3.63) is 196 Å². The smallest absolute Gasteiger partial charge is 0.307 e. The fourth-order valence-electron chi connectivity index (χ4n) is 11.8. The molecule has 0 amide bonds. The average molecular weight is 1290 g/mol. The lowest BCUT2D eigenvalue weighted by Crippen LogP contribution is -2.60. The lowest BCUT2D eigenvalue weighted by Gasteiger charge is -2.39. The van der Waals surface area contributed by atoms with Gasteiger partial charge in [0.25, 0.3) is 0 Å². The molecule has 24 nitrogen and oxygen atoms in total. The van der Waals surface area contributed by atoms with Gasteiger partial charge in [0.2, 0.25) is 18.9 Å². The number of carboxylic acids is 3. The highest BCUT2D eigenvalue weighted by Gasteiger charge is 2.47. The van der Waals surface area contributed by atoms with Gasteiger partial charge in [-0.1, -0.05) is 109 Å². The van der Waals surface area contributed by atoms with Crippen molar-refractivity contribution in [2.24, 2.45) is 0 Å². The Balaban J connectivity index is 1.07. The van der Waals surface area contributed by atoms with Gasteiger partial charge in [-0.2, -0.15) is 0 Å². The van der Waals surface area contributed by atoms with Crippen LogP contribution >= 0.6 is 0 Å². The molecule has 15 atom stereocenters. The summed E-state index contributed by atoms with van der Waals surface area (Å²) in [6, 6.07) is 41.6. The van der Waals surface area contributed by atoms with Gasteiger partial charge in [-0.3, -0.25) is 14.4 Å². The fourth-order valence-corrected chi connectivity index (χ4v) is 11.8. The van der Waals surface area contributed by atoms with Crippen LogP contribution in [0.1, 0.15) is 50.1 Å². The Morgan fingerprint density at radius 2 is 0.581 bits per heavy atom. The number of aliphatic carboxylic acids is 3. The van der Waals surface area contributed by atoms with E-state index in [4.69, 9.17) is 28.4 Å². The first-order valence-electron chi connectivity index (χ1n) is 29.9. The number of aliphatic hydroxyl groups excluding tert-OH is 12. The molecule has 3 heterocycles. The Labute approximate surface area is 532 Å². The summed E-state index contributed by atoms with van der Waals surface area (Å²) < 4.78 is 35.9. The fraction of sp³-hybridized carbons (Fsp3) is 0.348. The van der Waals surface area contributed by atoms with Crippen molar-refractivity contribution >= 4 is 17.9 Å². The van der Waals surface area contributed by atoms with Gasteiger partial charge < -0.3 is 105 Å². The van der Waals surface area contributed by atoms with Crippen molar-refractivity contribution in [3.8, 4) is 50.6 Å². The zero-order valence-electron chi connectivity index (χ0n) is 49.8. The predicted octanol–water partition coefficient (Wildman–Crippen LogP) is 1.88. The molecule has 0 radical (unpaired) electrons. The minimum absolute atomic E-state index is 0.136. The molecule has 3 aliphatic rings. The van der Waals surface area contributed by atoms with Crippen molar-refractivity contribution in [1.82, 2.24) is 0 Å². The van der Waals surface area contributed by atoms with Gasteiger partial charge in [-0.05, 0) is 122 Å². The van der Waals surface area contributed by atoms with E-state index in [2.05, 4.69) is 0 Å². The van der Waals surface area contributed by atoms with E-state index in [0.29, 0.717) is 66.8 Å². The van der Waals surface area contributed by atoms with E-state index < -0.39 is 130 Å². The zero-order chi connectivity index (χ0) is 66.4. The van der Waals surface area contributed by atoms with E-state index in [1.807, 2.05) is 36.4 Å². The summed E-state index contributed by atoms with van der Waals surface area (Å²) >= 11 is 0. The number of rotatable bonds is 24. The van der Waals surface area contributed by atoms with Crippen LogP contribution in [-0.4, -0.2) is 206 Å². The molecule has 24 heteroatoms. The van der Waals surface area contributed by atoms with E-state index in [1.165, 1.54) is 0 Å². The van der Waals surface area contributed by atoms with Gasteiger partial charge in [0.15, 0.2) is 0 Å². The Morgan fingerprint density at radius 3 is 0.828 bits per heavy atom. The Morgan fingerprint density at radius 1 is 0.312 bits per heavy atom. The topological polar surface area (TPSA) is 410 Å². The van der Waals surface area contributed by atoms with Crippen molar-refractivity contribution < 1.29 is 119 Å². The monoisotopic (exact) mass is 1280 g/mol. The molecule has 3 saturated heterocycles. The molecule has 492 valence electrons. The van der Waals surface area contributed by atoms with Crippen molar-refractivity contribution in [3.63, 3.8) is 0 Å². The molecule has 0 unspecified atom stereocenters. The van der Waals surface area contributed by atoms with Crippen LogP contribution in [0.3, 0.4) is 0 Å². The summed E-state index contributed by atoms with van der Waals surface area (Å²) in [5.74, 6) is -2.83. The van der Waals surface area contributed by atoms with Gasteiger partial charge in [0.1, 0.15) is 90.5 Å². The molecule has 0 aliphatic carbocycles. The lowest BCUT2D eigenvalue weighted by atomic mass is 9.91. The van der Waals surface area contributed by atoms with Gasteiger partial charge >= 0.3 is 17.9 Å². The maximum absolute atomic E-state index is 11.9. The summed E-state index contributed by atoms with van der Waals surface area (Å²) in [7, 11) is 0. The summed E-state index contributed by atoms with van der Waals surface area (Å²) in [6.07, 6.45) is -24.3. The second-order valence-corrected chi connectivity index (χ2v) is 23.4. The van der Waals surface area contributed by atoms with Crippen LogP contribution in [0.25, 0.3) is 33.4 Å². The number of benzene rings is 7. The third kappa shape index (κ3) is 16.0. The quantitative estimate of drug-likeness (QED) is 0.0411. The molecule has 7 aromatic rings. The van der Waals surface area contributed by atoms with Crippen LogP contribution < -0.4 is 14.2 Å². The third-order valence-electron chi connectivity index (χ3n) is 16.5. The molecule has 15 N–H and O–H groups in total. The molecule has 7 aromatic carbocycles. The second-order valence-electron chi connectivity index (χ2n) is 23.4. The molecule has 0 aromatic heterocycles. The zero-order valence-corrected chi connectivity index (χ0v) is 49.8. The molecular weight excluding hydrogens is 1210 g/mol. The van der Waals surface area contributed by atoms with Crippen LogP contribution in [0.15, 0.2) is 146 Å². The standard InChI is InChI=1S/C69H72O24/c70-31-52-58(79)61(82)64(85)67(91-52)88-49-13-10-37(25-46(49)43-7-1-4-34(22-43)28-55(73)74)16-40-19-41(17-38-11-14-50(89-68-65(86)62(83)59(80)53(32-71)92-68)47(26-38)44-8-2-5-35(23-44)29-56(75)76)21-42(20-40)18-39-12-15-51(90-69-66(87)63(84)60(81)54(33-72)93-69)48(27-39)45-9-3-6-36(24-45)30-57(77)78/h1-15,19-27,52-54,58-72,79-87H,16-18,28-33H2,(H,73,74)(H,75,76)(H,77,78)/t52-,53-,54-,58-,59-,60-,61+,62+,63+,64+,65+,66+,67+,68+,69+/m1/s1. The van der Waals surface area contributed by atoms with Crippen molar-refractivity contribution in [2.45, 2.75) is 131 Å². The molecule has 10 rings (SSSR count). The highest BCUT2D eigenvalue weighted by Crippen LogP contribution is 2.40. The summed E-state index contributed by atoms with van der Waals surface area (Å²) in [4.78, 5) is 35.8. The Bertz CT molecular complexity index is 3380. The highest BCUT2D eigenvalue weighted by molar-refractivity contribution is 5.78. The third-order valence-corrected chi connectivity index (χ3v) is 16.5. The molecule has 93 heavy (non-hydrogen) atoms. The maximum atomic E-state index is 11.9. The van der Waals surface area contributed by atoms with Crippen LogP contribution in [0, 0.1) is 0 Å². The van der Waals surface area contributed by atoms with E-state index in [9.17, 15) is 91.0 Å². The first-order valence-corrected chi connectivity index (χ1v) is 29.9. The summed E-state index contributed by atoms with van der Waals surface area (Å²) in [5, 5.41) is 156. The lowest BCUT2D eigenvalue weighted by molar-refractivity contribution is -0.277. The first-order chi connectivity index (χ1) is 44.6. The number of aliphatic hydroxyl groups is 12. The Kier molecular flexibility index (Phi) is 21.7. The molecule has 0 bridgehead atoms. The predicted molar refractivity (Wildman–Crippen MR) is 328 cm³/mol. The van der Waals surface area contributed by atoms with Crippen LogP contribution in [0.5, 0.6) is 17.2 Å². The molecule has 3 aliphatic heterocycles. The SMILES string of the molecule is O=C(O)Cc1cccc(-c2cc(Cc3cc(Cc4ccc(O[C@H]5O[C@H](CO)[C@@H](O)[C@H](O)[C@@H]5O)c(-c5cccc(CC(=O)O)c5)c4)cc(Cc4ccc(O[C@H]5O[C@H](CO)[C@@H](O)[C@H](O)[C@@H]5O)c(-c5cccc(CC(=O)O)c5)c4)c3)ccc2O[C@H]2O[C@H](CO)[C@@H](O)[C@H](O)[C@@H]2O)c1. The summed E-state index contributed by atoms with van der Waals surface area (Å²) in [5.41, 5.74) is 8.57. The second kappa shape index (κ2) is 29.8. The van der Waals surface area contributed by atoms with Gasteiger partial charge in [0, 0.05) is 16.7 Å². The molecule has 0 saturated carbocycles. The highest BCUT2D eigenvalue weighted by atomic mass is 16.7. The van der Waals surface area contributed by atoms with Gasteiger partial charge in [-0.15, -0.1) is 0 Å². The van der Waals surface area contributed by atoms with Crippen LogP contribution in [0.4, 0.5) is 0 Å². The van der Waals surface area contributed by atoms with Gasteiger partial charge in [0.05, 0.1) is 39.1 Å². The molecule has 0 spiro atoms. The van der Waals surface area contributed by atoms with E-state index >= 15 is 0 Å². The summed E-state index contributed by atoms with van der Waals surface area (Å²) in [6.45, 7) is -2.13. The van der Waals surface area contributed by atoms with E-state index in [0.717, 1.165) is 16.7 Å². The van der Waals surface area contributed by atoms with Crippen molar-refractivity contribution in [1.29, 1.82) is 0 Å². The number of carboxylic acid groups (broad SMARTS) is 3. The molecular formula is C69H72O24. The van der Waals surface area contributed by atoms with Crippen LogP contribution in [-0.2, 0) is 67.1 Å². The normalized spacial score (nSPS) is 26.3. The minimum atomic E-state index is -1.76. The number of hydrogen-bond donors (Lipinski definition) is 15. The minimum Gasteiger partial charge on any atom is -0.481 e. The maximum Gasteiger partial charge on any atom is 0.307 e. The van der Waals surface area contributed by atoms with E-state index in [-0.39, 0.29) is 55.8 Å². The largest absolute Gasteiger partial charge is 0.481 e. The number of carbonyl (C=O) groups is 3.